The molecule has 4 heteroatoms. The molecule has 0 saturated carbocycles. The first-order chi connectivity index (χ1) is 9.33. The van der Waals surface area contributed by atoms with E-state index in [2.05, 4.69) is 29.7 Å². The lowest BCUT2D eigenvalue weighted by molar-refractivity contribution is 0.171. The largest absolute Gasteiger partial charge is 0.486 e. The van der Waals surface area contributed by atoms with Crippen LogP contribution in [-0.4, -0.2) is 32.3 Å². The summed E-state index contributed by atoms with van der Waals surface area (Å²) < 4.78 is 11.2. The number of ether oxygens (including phenoxy) is 2. The minimum atomic E-state index is 0.640. The smallest absolute Gasteiger partial charge is 0.163 e. The number of hydrogen-bond donors (Lipinski definition) is 2. The van der Waals surface area contributed by atoms with Gasteiger partial charge in [0.25, 0.3) is 0 Å². The van der Waals surface area contributed by atoms with Crippen molar-refractivity contribution in [3.05, 3.63) is 17.7 Å². The second-order valence-corrected chi connectivity index (χ2v) is 5.32. The Balaban J connectivity index is 1.60. The van der Waals surface area contributed by atoms with Gasteiger partial charge in [-0.15, -0.1) is 0 Å². The first-order valence-electron chi connectivity index (χ1n) is 7.20. The molecule has 1 saturated heterocycles. The Morgan fingerprint density at radius 1 is 1.26 bits per heavy atom. The second kappa shape index (κ2) is 5.70. The van der Waals surface area contributed by atoms with Crippen molar-refractivity contribution in [2.75, 3.05) is 31.6 Å². The molecule has 2 aliphatic rings. The van der Waals surface area contributed by atoms with Gasteiger partial charge in [0.1, 0.15) is 13.2 Å². The molecule has 104 valence electrons. The maximum atomic E-state index is 5.62. The van der Waals surface area contributed by atoms with E-state index in [9.17, 15) is 0 Å². The lowest BCUT2D eigenvalue weighted by Crippen LogP contribution is -2.24. The number of rotatable bonds is 4. The summed E-state index contributed by atoms with van der Waals surface area (Å²) in [4.78, 5) is 0. The Morgan fingerprint density at radius 2 is 2.05 bits per heavy atom. The van der Waals surface area contributed by atoms with Crippen LogP contribution in [-0.2, 0) is 0 Å². The van der Waals surface area contributed by atoms with Crippen molar-refractivity contribution in [3.8, 4) is 11.5 Å². The standard InChI is InChI=1S/C15H22N2O2/c1-11-9-14-15(19-8-7-18-14)10-13(11)17-6-4-12-3-2-5-16-12/h9-10,12,16-17H,2-8H2,1H3. The molecule has 2 heterocycles. The number of fused-ring (bicyclic) bond motifs is 1. The fraction of sp³-hybridized carbons (Fsp3) is 0.600. The van der Waals surface area contributed by atoms with Crippen LogP contribution < -0.4 is 20.1 Å². The van der Waals surface area contributed by atoms with Crippen molar-refractivity contribution in [2.45, 2.75) is 32.2 Å². The minimum Gasteiger partial charge on any atom is -0.486 e. The Bertz CT molecular complexity index is 442. The molecule has 1 atom stereocenters. The molecule has 0 amide bonds. The van der Waals surface area contributed by atoms with Gasteiger partial charge in [-0.25, -0.2) is 0 Å². The molecule has 3 rings (SSSR count). The molecule has 1 aromatic carbocycles. The molecular formula is C15H22N2O2. The number of hydrogen-bond acceptors (Lipinski definition) is 4. The summed E-state index contributed by atoms with van der Waals surface area (Å²) >= 11 is 0. The van der Waals surface area contributed by atoms with E-state index in [1.54, 1.807) is 0 Å². The van der Waals surface area contributed by atoms with Crippen LogP contribution in [0, 0.1) is 6.92 Å². The molecule has 0 aromatic heterocycles. The van der Waals surface area contributed by atoms with E-state index in [0.29, 0.717) is 19.3 Å². The molecule has 0 aliphatic carbocycles. The van der Waals surface area contributed by atoms with Gasteiger partial charge in [-0.1, -0.05) is 0 Å². The van der Waals surface area contributed by atoms with E-state index < -0.39 is 0 Å². The maximum Gasteiger partial charge on any atom is 0.163 e. The van der Waals surface area contributed by atoms with Crippen LogP contribution in [0.25, 0.3) is 0 Å². The van der Waals surface area contributed by atoms with E-state index in [0.717, 1.165) is 23.7 Å². The summed E-state index contributed by atoms with van der Waals surface area (Å²) in [6.45, 7) is 5.56. The number of anilines is 1. The van der Waals surface area contributed by atoms with Gasteiger partial charge in [0.2, 0.25) is 0 Å². The second-order valence-electron chi connectivity index (χ2n) is 5.32. The third-order valence-corrected chi connectivity index (χ3v) is 3.86. The normalized spacial score (nSPS) is 21.4. The Kier molecular flexibility index (Phi) is 3.78. The van der Waals surface area contributed by atoms with Crippen molar-refractivity contribution in [2.24, 2.45) is 0 Å². The molecule has 1 fully saturated rings. The van der Waals surface area contributed by atoms with E-state index >= 15 is 0 Å². The van der Waals surface area contributed by atoms with Crippen molar-refractivity contribution in [1.29, 1.82) is 0 Å². The number of benzene rings is 1. The highest BCUT2D eigenvalue weighted by molar-refractivity contribution is 5.60. The summed E-state index contributed by atoms with van der Waals surface area (Å²) in [6.07, 6.45) is 3.80. The highest BCUT2D eigenvalue weighted by atomic mass is 16.6. The van der Waals surface area contributed by atoms with Crippen LogP contribution in [0.2, 0.25) is 0 Å². The Hall–Kier alpha value is -1.42. The molecule has 4 nitrogen and oxygen atoms in total. The molecule has 0 spiro atoms. The summed E-state index contributed by atoms with van der Waals surface area (Å²) in [6, 6.07) is 4.81. The average molecular weight is 262 g/mol. The lowest BCUT2D eigenvalue weighted by Gasteiger charge is -2.21. The fourth-order valence-electron chi connectivity index (χ4n) is 2.77. The first kappa shape index (κ1) is 12.6. The van der Waals surface area contributed by atoms with E-state index in [1.807, 2.05) is 0 Å². The van der Waals surface area contributed by atoms with Gasteiger partial charge < -0.3 is 20.1 Å². The third-order valence-electron chi connectivity index (χ3n) is 3.86. The van der Waals surface area contributed by atoms with E-state index in [-0.39, 0.29) is 0 Å². The van der Waals surface area contributed by atoms with Crippen LogP contribution in [0.3, 0.4) is 0 Å². The SMILES string of the molecule is Cc1cc2c(cc1NCCC1CCCN1)OCCO2. The van der Waals surface area contributed by atoms with E-state index in [4.69, 9.17) is 9.47 Å². The molecule has 2 N–H and O–H groups in total. The molecule has 19 heavy (non-hydrogen) atoms. The van der Waals surface area contributed by atoms with Gasteiger partial charge >= 0.3 is 0 Å². The van der Waals surface area contributed by atoms with E-state index in [1.165, 1.54) is 31.4 Å². The molecule has 0 bridgehead atoms. The van der Waals surface area contributed by atoms with Crippen LogP contribution in [0.4, 0.5) is 5.69 Å². The van der Waals surface area contributed by atoms with Gasteiger partial charge in [0, 0.05) is 24.3 Å². The molecule has 0 radical (unpaired) electrons. The number of nitrogens with one attached hydrogen (secondary N) is 2. The van der Waals surface area contributed by atoms with Gasteiger partial charge in [0.15, 0.2) is 11.5 Å². The van der Waals surface area contributed by atoms with Gasteiger partial charge in [-0.05, 0) is 44.4 Å². The van der Waals surface area contributed by atoms with Crippen molar-refractivity contribution in [3.63, 3.8) is 0 Å². The molecule has 2 aliphatic heterocycles. The summed E-state index contributed by atoms with van der Waals surface area (Å²) in [5, 5.41) is 7.04. The van der Waals surface area contributed by atoms with Gasteiger partial charge in [0.05, 0.1) is 0 Å². The zero-order valence-electron chi connectivity index (χ0n) is 11.5. The molecule has 1 aromatic rings. The van der Waals surface area contributed by atoms with Crippen molar-refractivity contribution in [1.82, 2.24) is 5.32 Å². The average Bonchev–Trinajstić information content (AvgIpc) is 2.92. The van der Waals surface area contributed by atoms with Crippen LogP contribution in [0.1, 0.15) is 24.8 Å². The van der Waals surface area contributed by atoms with Crippen molar-refractivity contribution >= 4 is 5.69 Å². The summed E-state index contributed by atoms with van der Waals surface area (Å²) in [7, 11) is 0. The monoisotopic (exact) mass is 262 g/mol. The minimum absolute atomic E-state index is 0.640. The maximum absolute atomic E-state index is 5.62. The topological polar surface area (TPSA) is 42.5 Å². The van der Waals surface area contributed by atoms with Crippen LogP contribution >= 0.6 is 0 Å². The fourth-order valence-corrected chi connectivity index (χ4v) is 2.77. The first-order valence-corrected chi connectivity index (χ1v) is 7.20. The predicted molar refractivity (Wildman–Crippen MR) is 76.3 cm³/mol. The van der Waals surface area contributed by atoms with Gasteiger partial charge in [-0.3, -0.25) is 0 Å². The zero-order chi connectivity index (χ0) is 13.1. The Morgan fingerprint density at radius 3 is 2.79 bits per heavy atom. The Labute approximate surface area is 114 Å². The third kappa shape index (κ3) is 2.95. The quantitative estimate of drug-likeness (QED) is 0.874. The molecule has 1 unspecified atom stereocenters. The van der Waals surface area contributed by atoms with Crippen LogP contribution in [0.15, 0.2) is 12.1 Å². The number of aryl methyl sites for hydroxylation is 1. The van der Waals surface area contributed by atoms with Gasteiger partial charge in [-0.2, -0.15) is 0 Å². The highest BCUT2D eigenvalue weighted by Crippen LogP contribution is 2.35. The van der Waals surface area contributed by atoms with Crippen LogP contribution in [0.5, 0.6) is 11.5 Å². The lowest BCUT2D eigenvalue weighted by atomic mass is 10.1. The zero-order valence-corrected chi connectivity index (χ0v) is 11.5. The summed E-state index contributed by atoms with van der Waals surface area (Å²) in [5.41, 5.74) is 2.37. The van der Waals surface area contributed by atoms with Crippen molar-refractivity contribution < 1.29 is 9.47 Å². The molecular weight excluding hydrogens is 240 g/mol. The summed E-state index contributed by atoms with van der Waals surface area (Å²) in [5.74, 6) is 1.73. The highest BCUT2D eigenvalue weighted by Gasteiger charge is 2.15. The predicted octanol–water partition coefficient (Wildman–Crippen LogP) is 2.32.